The first kappa shape index (κ1) is 20.0. The van der Waals surface area contributed by atoms with E-state index in [9.17, 15) is 24.5 Å². The number of nitro groups is 1. The van der Waals surface area contributed by atoms with E-state index in [1.165, 1.54) is 18.2 Å². The number of aryl methyl sites for hydroxylation is 1. The van der Waals surface area contributed by atoms with Gasteiger partial charge in [-0.3, -0.25) is 24.5 Å². The Bertz CT molecular complexity index is 989. The lowest BCUT2D eigenvalue weighted by Crippen LogP contribution is -2.35. The second-order valence-corrected chi connectivity index (χ2v) is 6.72. The lowest BCUT2D eigenvalue weighted by Gasteiger charge is -2.27. The number of piperidine rings is 1. The number of nitro benzene ring substituents is 1. The van der Waals surface area contributed by atoms with E-state index >= 15 is 0 Å². The van der Waals surface area contributed by atoms with Gasteiger partial charge in [-0.05, 0) is 43.5 Å². The van der Waals surface area contributed by atoms with Crippen molar-refractivity contribution in [2.24, 2.45) is 0 Å². The predicted molar refractivity (Wildman–Crippen MR) is 108 cm³/mol. The molecule has 0 aliphatic carbocycles. The van der Waals surface area contributed by atoms with Gasteiger partial charge in [0.05, 0.1) is 10.6 Å². The van der Waals surface area contributed by atoms with Crippen molar-refractivity contribution in [1.82, 2.24) is 0 Å². The third kappa shape index (κ3) is 4.75. The van der Waals surface area contributed by atoms with Gasteiger partial charge in [0.2, 0.25) is 5.91 Å². The van der Waals surface area contributed by atoms with Gasteiger partial charge in [0.25, 0.3) is 5.69 Å². The Kier molecular flexibility index (Phi) is 5.87. The molecule has 9 heteroatoms. The molecule has 0 saturated carbocycles. The zero-order valence-electron chi connectivity index (χ0n) is 15.8. The molecule has 0 atom stereocenters. The monoisotopic (exact) mass is 396 g/mol. The maximum Gasteiger partial charge on any atom is 0.314 e. The highest BCUT2D eigenvalue weighted by Gasteiger charge is 2.21. The van der Waals surface area contributed by atoms with E-state index in [2.05, 4.69) is 10.6 Å². The minimum atomic E-state index is -0.951. The molecule has 2 N–H and O–H groups in total. The number of nitrogens with zero attached hydrogens (tertiary/aromatic N) is 2. The van der Waals surface area contributed by atoms with Gasteiger partial charge in [-0.2, -0.15) is 0 Å². The summed E-state index contributed by atoms with van der Waals surface area (Å²) < 4.78 is 0. The fourth-order valence-electron chi connectivity index (χ4n) is 3.06. The Balaban J connectivity index is 1.69. The van der Waals surface area contributed by atoms with Crippen molar-refractivity contribution in [1.29, 1.82) is 0 Å². The van der Waals surface area contributed by atoms with Crippen LogP contribution in [0, 0.1) is 17.0 Å². The van der Waals surface area contributed by atoms with Crippen molar-refractivity contribution >= 4 is 40.5 Å². The first-order valence-corrected chi connectivity index (χ1v) is 9.13. The summed E-state index contributed by atoms with van der Waals surface area (Å²) in [5, 5.41) is 15.8. The fourth-order valence-corrected chi connectivity index (χ4v) is 3.06. The zero-order valence-corrected chi connectivity index (χ0v) is 15.8. The maximum atomic E-state index is 12.3. The van der Waals surface area contributed by atoms with E-state index in [0.29, 0.717) is 29.9 Å². The van der Waals surface area contributed by atoms with Gasteiger partial charge in [-0.25, -0.2) is 0 Å². The molecule has 3 rings (SSSR count). The highest BCUT2D eigenvalue weighted by atomic mass is 16.6. The SMILES string of the molecule is Cc1ccc([N+](=O)[O-])cc1NC(=O)C(=O)Nc1cccc(N2CCCCC2=O)c1. The predicted octanol–water partition coefficient (Wildman–Crippen LogP) is 3.00. The zero-order chi connectivity index (χ0) is 21.0. The molecule has 0 bridgehead atoms. The third-order valence-corrected chi connectivity index (χ3v) is 4.63. The van der Waals surface area contributed by atoms with Crippen LogP contribution < -0.4 is 15.5 Å². The van der Waals surface area contributed by atoms with Crippen LogP contribution in [-0.2, 0) is 14.4 Å². The Morgan fingerprint density at radius 1 is 1.07 bits per heavy atom. The van der Waals surface area contributed by atoms with Crippen LogP contribution in [-0.4, -0.2) is 29.2 Å². The van der Waals surface area contributed by atoms with Crippen molar-refractivity contribution < 1.29 is 19.3 Å². The molecule has 9 nitrogen and oxygen atoms in total. The van der Waals surface area contributed by atoms with Gasteiger partial charge in [-0.1, -0.05) is 12.1 Å². The quantitative estimate of drug-likeness (QED) is 0.467. The minimum Gasteiger partial charge on any atom is -0.318 e. The number of carbonyl (C=O) groups is 3. The van der Waals surface area contributed by atoms with Crippen molar-refractivity contribution in [3.8, 4) is 0 Å². The fraction of sp³-hybridized carbons (Fsp3) is 0.250. The van der Waals surface area contributed by atoms with Crippen LogP contribution in [0.25, 0.3) is 0 Å². The van der Waals surface area contributed by atoms with Gasteiger partial charge in [-0.15, -0.1) is 0 Å². The average molecular weight is 396 g/mol. The van der Waals surface area contributed by atoms with E-state index in [1.54, 1.807) is 36.1 Å². The molecule has 2 aromatic rings. The van der Waals surface area contributed by atoms with E-state index < -0.39 is 16.7 Å². The van der Waals surface area contributed by atoms with E-state index in [-0.39, 0.29) is 17.3 Å². The second-order valence-electron chi connectivity index (χ2n) is 6.72. The number of rotatable bonds is 4. The Hall–Kier alpha value is -3.75. The number of non-ortho nitro benzene ring substituents is 1. The molecule has 150 valence electrons. The lowest BCUT2D eigenvalue weighted by molar-refractivity contribution is -0.384. The molecule has 0 radical (unpaired) electrons. The van der Waals surface area contributed by atoms with Crippen molar-refractivity contribution in [2.45, 2.75) is 26.2 Å². The summed E-state index contributed by atoms with van der Waals surface area (Å²) >= 11 is 0. The third-order valence-electron chi connectivity index (χ3n) is 4.63. The number of hydrogen-bond acceptors (Lipinski definition) is 5. The molecule has 2 aromatic carbocycles. The van der Waals surface area contributed by atoms with Gasteiger partial charge in [0.15, 0.2) is 0 Å². The smallest absolute Gasteiger partial charge is 0.314 e. The summed E-state index contributed by atoms with van der Waals surface area (Å²) in [5.74, 6) is -1.84. The van der Waals surface area contributed by atoms with Crippen LogP contribution in [0.4, 0.5) is 22.7 Å². The van der Waals surface area contributed by atoms with Crippen LogP contribution >= 0.6 is 0 Å². The van der Waals surface area contributed by atoms with Crippen molar-refractivity contribution in [2.75, 3.05) is 22.1 Å². The van der Waals surface area contributed by atoms with Crippen LogP contribution in [0.3, 0.4) is 0 Å². The van der Waals surface area contributed by atoms with Gasteiger partial charge < -0.3 is 15.5 Å². The molecule has 29 heavy (non-hydrogen) atoms. The summed E-state index contributed by atoms with van der Waals surface area (Å²) in [5.41, 5.74) is 1.61. The highest BCUT2D eigenvalue weighted by molar-refractivity contribution is 6.43. The first-order valence-electron chi connectivity index (χ1n) is 9.13. The van der Waals surface area contributed by atoms with Crippen LogP contribution in [0.15, 0.2) is 42.5 Å². The van der Waals surface area contributed by atoms with Crippen molar-refractivity contribution in [3.05, 3.63) is 58.1 Å². The Labute approximate surface area is 166 Å². The number of hydrogen-bond donors (Lipinski definition) is 2. The van der Waals surface area contributed by atoms with Gasteiger partial charge in [0.1, 0.15) is 0 Å². The Morgan fingerprint density at radius 3 is 2.55 bits per heavy atom. The summed E-state index contributed by atoms with van der Waals surface area (Å²) in [6.07, 6.45) is 2.26. The number of carbonyl (C=O) groups excluding carboxylic acids is 3. The molecule has 1 aliphatic heterocycles. The molecular formula is C20H20N4O5. The minimum absolute atomic E-state index is 0.0265. The molecule has 1 saturated heterocycles. The number of anilines is 3. The number of amides is 3. The summed E-state index contributed by atoms with van der Waals surface area (Å²) in [4.78, 5) is 48.5. The van der Waals surface area contributed by atoms with Crippen LogP contribution in [0.1, 0.15) is 24.8 Å². The molecule has 3 amide bonds. The topological polar surface area (TPSA) is 122 Å². The maximum absolute atomic E-state index is 12.3. The van der Waals surface area contributed by atoms with E-state index in [4.69, 9.17) is 0 Å². The molecule has 0 aromatic heterocycles. The lowest BCUT2D eigenvalue weighted by atomic mass is 10.1. The summed E-state index contributed by atoms with van der Waals surface area (Å²) in [6, 6.07) is 10.7. The highest BCUT2D eigenvalue weighted by Crippen LogP contribution is 2.24. The largest absolute Gasteiger partial charge is 0.318 e. The molecule has 1 fully saturated rings. The second kappa shape index (κ2) is 8.51. The summed E-state index contributed by atoms with van der Waals surface area (Å²) in [7, 11) is 0. The molecule has 1 heterocycles. The van der Waals surface area contributed by atoms with E-state index in [0.717, 1.165) is 12.8 Å². The number of nitrogens with one attached hydrogen (secondary N) is 2. The standard InChI is InChI=1S/C20H20N4O5/c1-13-8-9-16(24(28)29)12-17(13)22-20(27)19(26)21-14-5-4-6-15(11-14)23-10-3-2-7-18(23)25/h4-6,8-9,11-12H,2-3,7,10H2,1H3,(H,21,26)(H,22,27). The van der Waals surface area contributed by atoms with Crippen LogP contribution in [0.5, 0.6) is 0 Å². The van der Waals surface area contributed by atoms with E-state index in [1.807, 2.05) is 0 Å². The average Bonchev–Trinajstić information content (AvgIpc) is 2.70. The molecule has 0 unspecified atom stereocenters. The van der Waals surface area contributed by atoms with Crippen LogP contribution in [0.2, 0.25) is 0 Å². The molecule has 0 spiro atoms. The first-order chi connectivity index (χ1) is 13.8. The van der Waals surface area contributed by atoms with Gasteiger partial charge >= 0.3 is 11.8 Å². The van der Waals surface area contributed by atoms with Crippen molar-refractivity contribution in [3.63, 3.8) is 0 Å². The normalized spacial score (nSPS) is 13.7. The summed E-state index contributed by atoms with van der Waals surface area (Å²) in [6.45, 7) is 2.28. The Morgan fingerprint density at radius 2 is 1.83 bits per heavy atom. The molecular weight excluding hydrogens is 376 g/mol. The molecule has 1 aliphatic rings. The number of benzene rings is 2. The van der Waals surface area contributed by atoms with Gasteiger partial charge in [0, 0.05) is 36.5 Å².